The van der Waals surface area contributed by atoms with Crippen molar-refractivity contribution in [2.75, 3.05) is 11.9 Å². The zero-order valence-electron chi connectivity index (χ0n) is 12.0. The number of hydrogen-bond donors (Lipinski definition) is 2. The van der Waals surface area contributed by atoms with Gasteiger partial charge in [0.25, 0.3) is 0 Å². The van der Waals surface area contributed by atoms with Crippen LogP contribution >= 0.6 is 0 Å². The van der Waals surface area contributed by atoms with Gasteiger partial charge >= 0.3 is 0 Å². The van der Waals surface area contributed by atoms with E-state index in [0.29, 0.717) is 6.54 Å². The van der Waals surface area contributed by atoms with E-state index in [2.05, 4.69) is 22.2 Å². The van der Waals surface area contributed by atoms with Crippen molar-refractivity contribution in [3.63, 3.8) is 0 Å². The number of nitrogens with one attached hydrogen (secondary N) is 1. The number of fused-ring (bicyclic) bond motifs is 1. The lowest BCUT2D eigenvalue weighted by Crippen LogP contribution is -2.48. The normalized spacial score (nSPS) is 26.6. The van der Waals surface area contributed by atoms with E-state index in [9.17, 15) is 0 Å². The van der Waals surface area contributed by atoms with E-state index in [4.69, 9.17) is 5.73 Å². The minimum absolute atomic E-state index is 0.0103. The van der Waals surface area contributed by atoms with Gasteiger partial charge < -0.3 is 11.1 Å². The molecule has 0 aliphatic heterocycles. The molecule has 0 spiro atoms. The molecule has 0 radical (unpaired) electrons. The Kier molecular flexibility index (Phi) is 3.57. The molecule has 0 atom stereocenters. The first kappa shape index (κ1) is 13.3. The molecule has 0 bridgehead atoms. The Bertz CT molecular complexity index is 588. The molecule has 1 saturated carbocycles. The molecule has 106 valence electrons. The zero-order valence-corrected chi connectivity index (χ0v) is 12.0. The Morgan fingerprint density at radius 2 is 1.95 bits per heavy atom. The topological polar surface area (TPSA) is 63.8 Å². The largest absolute Gasteiger partial charge is 0.362 e. The molecule has 4 heteroatoms. The van der Waals surface area contributed by atoms with Crippen LogP contribution in [-0.2, 0) is 0 Å². The van der Waals surface area contributed by atoms with Crippen LogP contribution in [0.2, 0.25) is 0 Å². The van der Waals surface area contributed by atoms with Gasteiger partial charge in [-0.1, -0.05) is 19.1 Å². The van der Waals surface area contributed by atoms with Crippen LogP contribution in [-0.4, -0.2) is 22.1 Å². The van der Waals surface area contributed by atoms with Crippen LogP contribution in [0.5, 0.6) is 0 Å². The molecular formula is C16H22N4. The van der Waals surface area contributed by atoms with Crippen molar-refractivity contribution < 1.29 is 0 Å². The van der Waals surface area contributed by atoms with Crippen LogP contribution in [0.1, 0.15) is 32.6 Å². The molecule has 1 aliphatic rings. The van der Waals surface area contributed by atoms with Crippen LogP contribution in [0.15, 0.2) is 30.5 Å². The Hall–Kier alpha value is -1.68. The summed E-state index contributed by atoms with van der Waals surface area (Å²) in [5.74, 6) is 1.64. The SMILES string of the molecule is CC1CCC(CN)(Nc2cnc3ccccc3n2)CC1. The van der Waals surface area contributed by atoms with Crippen molar-refractivity contribution in [2.24, 2.45) is 11.7 Å². The predicted octanol–water partition coefficient (Wildman–Crippen LogP) is 2.95. The molecule has 0 unspecified atom stereocenters. The molecule has 1 aromatic heterocycles. The van der Waals surface area contributed by atoms with Gasteiger partial charge in [-0.05, 0) is 43.7 Å². The third-order valence-electron chi connectivity index (χ3n) is 4.46. The number of benzene rings is 1. The van der Waals surface area contributed by atoms with E-state index >= 15 is 0 Å². The maximum Gasteiger partial charge on any atom is 0.145 e. The third kappa shape index (κ3) is 2.61. The summed E-state index contributed by atoms with van der Waals surface area (Å²) in [4.78, 5) is 9.11. The molecule has 3 N–H and O–H groups in total. The molecule has 0 saturated heterocycles. The summed E-state index contributed by atoms with van der Waals surface area (Å²) in [6.07, 6.45) is 6.49. The fourth-order valence-electron chi connectivity index (χ4n) is 2.98. The van der Waals surface area contributed by atoms with Gasteiger partial charge in [-0.25, -0.2) is 4.98 Å². The Labute approximate surface area is 119 Å². The number of hydrogen-bond acceptors (Lipinski definition) is 4. The van der Waals surface area contributed by atoms with Crippen LogP contribution in [0.3, 0.4) is 0 Å². The number of aromatic nitrogens is 2. The standard InChI is InChI=1S/C16H22N4/c1-12-6-8-16(11-17,9-7-12)20-15-10-18-13-4-2-3-5-14(13)19-15/h2-5,10,12H,6-9,11,17H2,1H3,(H,19,20). The maximum absolute atomic E-state index is 6.03. The Morgan fingerprint density at radius 3 is 2.65 bits per heavy atom. The smallest absolute Gasteiger partial charge is 0.145 e. The summed E-state index contributed by atoms with van der Waals surface area (Å²) in [6, 6.07) is 7.94. The van der Waals surface area contributed by atoms with E-state index in [1.807, 2.05) is 30.5 Å². The molecule has 4 nitrogen and oxygen atoms in total. The quantitative estimate of drug-likeness (QED) is 0.900. The van der Waals surface area contributed by atoms with Gasteiger partial charge in [0.15, 0.2) is 0 Å². The van der Waals surface area contributed by atoms with Crippen LogP contribution in [0.4, 0.5) is 5.82 Å². The lowest BCUT2D eigenvalue weighted by Gasteiger charge is -2.39. The molecular weight excluding hydrogens is 248 g/mol. The van der Waals surface area contributed by atoms with Gasteiger partial charge in [0.1, 0.15) is 5.82 Å². The highest BCUT2D eigenvalue weighted by atomic mass is 15.1. The second-order valence-electron chi connectivity index (χ2n) is 6.04. The molecule has 1 aliphatic carbocycles. The van der Waals surface area contributed by atoms with Gasteiger partial charge in [0, 0.05) is 6.54 Å². The van der Waals surface area contributed by atoms with Crippen LogP contribution in [0.25, 0.3) is 11.0 Å². The van der Waals surface area contributed by atoms with E-state index in [1.54, 1.807) is 0 Å². The maximum atomic E-state index is 6.03. The van der Waals surface area contributed by atoms with Crippen molar-refractivity contribution in [1.82, 2.24) is 9.97 Å². The molecule has 1 heterocycles. The van der Waals surface area contributed by atoms with E-state index in [0.717, 1.165) is 35.6 Å². The lowest BCUT2D eigenvalue weighted by molar-refractivity contribution is 0.271. The summed E-state index contributed by atoms with van der Waals surface area (Å²) < 4.78 is 0. The summed E-state index contributed by atoms with van der Waals surface area (Å²) >= 11 is 0. The lowest BCUT2D eigenvalue weighted by atomic mass is 9.77. The van der Waals surface area contributed by atoms with Gasteiger partial charge in [-0.15, -0.1) is 0 Å². The fraction of sp³-hybridized carbons (Fsp3) is 0.500. The van der Waals surface area contributed by atoms with E-state index in [1.165, 1.54) is 12.8 Å². The summed E-state index contributed by atoms with van der Waals surface area (Å²) in [5.41, 5.74) is 7.88. The fourth-order valence-corrected chi connectivity index (χ4v) is 2.98. The summed E-state index contributed by atoms with van der Waals surface area (Å²) in [6.45, 7) is 2.96. The monoisotopic (exact) mass is 270 g/mol. The average molecular weight is 270 g/mol. The highest BCUT2D eigenvalue weighted by Crippen LogP contribution is 2.33. The van der Waals surface area contributed by atoms with Crippen molar-refractivity contribution >= 4 is 16.9 Å². The Balaban J connectivity index is 1.83. The van der Waals surface area contributed by atoms with Gasteiger partial charge in [-0.2, -0.15) is 0 Å². The van der Waals surface area contributed by atoms with Crippen molar-refractivity contribution in [3.05, 3.63) is 30.5 Å². The van der Waals surface area contributed by atoms with Gasteiger partial charge in [0.05, 0.1) is 22.8 Å². The first-order valence-electron chi connectivity index (χ1n) is 7.41. The molecule has 0 amide bonds. The van der Waals surface area contributed by atoms with Crippen molar-refractivity contribution in [3.8, 4) is 0 Å². The number of rotatable bonds is 3. The highest BCUT2D eigenvalue weighted by molar-refractivity contribution is 5.75. The highest BCUT2D eigenvalue weighted by Gasteiger charge is 2.33. The number of anilines is 1. The summed E-state index contributed by atoms with van der Waals surface area (Å²) in [5, 5.41) is 3.56. The molecule has 20 heavy (non-hydrogen) atoms. The number of para-hydroxylation sites is 2. The van der Waals surface area contributed by atoms with Crippen LogP contribution in [0, 0.1) is 5.92 Å². The third-order valence-corrected chi connectivity index (χ3v) is 4.46. The molecule has 2 aromatic rings. The van der Waals surface area contributed by atoms with Crippen molar-refractivity contribution in [1.29, 1.82) is 0 Å². The zero-order chi connectivity index (χ0) is 14.0. The summed E-state index contributed by atoms with van der Waals surface area (Å²) in [7, 11) is 0. The first-order valence-corrected chi connectivity index (χ1v) is 7.41. The number of nitrogens with two attached hydrogens (primary N) is 1. The molecule has 1 fully saturated rings. The predicted molar refractivity (Wildman–Crippen MR) is 82.6 cm³/mol. The second kappa shape index (κ2) is 5.37. The van der Waals surface area contributed by atoms with Gasteiger partial charge in [-0.3, -0.25) is 4.98 Å². The average Bonchev–Trinajstić information content (AvgIpc) is 2.50. The van der Waals surface area contributed by atoms with Gasteiger partial charge in [0.2, 0.25) is 0 Å². The molecule has 1 aromatic carbocycles. The molecule has 3 rings (SSSR count). The van der Waals surface area contributed by atoms with Crippen molar-refractivity contribution in [2.45, 2.75) is 38.1 Å². The first-order chi connectivity index (χ1) is 9.71. The van der Waals surface area contributed by atoms with E-state index < -0.39 is 0 Å². The minimum Gasteiger partial charge on any atom is -0.362 e. The van der Waals surface area contributed by atoms with E-state index in [-0.39, 0.29) is 5.54 Å². The minimum atomic E-state index is -0.0103. The Morgan fingerprint density at radius 1 is 1.25 bits per heavy atom. The number of nitrogens with zero attached hydrogens (tertiary/aromatic N) is 2. The second-order valence-corrected chi connectivity index (χ2v) is 6.04. The van der Waals surface area contributed by atoms with Crippen LogP contribution < -0.4 is 11.1 Å².